The molecular formula is C25H23F9N2O. The summed E-state index contributed by atoms with van der Waals surface area (Å²) in [4.78, 5) is 15.9. The van der Waals surface area contributed by atoms with Crippen LogP contribution in [0.3, 0.4) is 0 Å². The van der Waals surface area contributed by atoms with Gasteiger partial charge in [-0.25, -0.2) is 4.98 Å². The number of pyridine rings is 1. The molecule has 1 aliphatic heterocycles. The van der Waals surface area contributed by atoms with Gasteiger partial charge in [-0.2, -0.15) is 39.5 Å². The summed E-state index contributed by atoms with van der Waals surface area (Å²) >= 11 is 0. The van der Waals surface area contributed by atoms with Crippen molar-refractivity contribution >= 4 is 11.5 Å². The molecule has 202 valence electrons. The number of halogens is 9. The van der Waals surface area contributed by atoms with E-state index in [0.29, 0.717) is 12.1 Å². The summed E-state index contributed by atoms with van der Waals surface area (Å²) in [5.74, 6) is 0.166. The average Bonchev–Trinajstić information content (AvgIpc) is 3.55. The van der Waals surface area contributed by atoms with E-state index in [1.54, 1.807) is 24.3 Å². The van der Waals surface area contributed by atoms with Crippen LogP contribution in [0.4, 0.5) is 45.2 Å². The second-order valence-corrected chi connectivity index (χ2v) is 9.81. The van der Waals surface area contributed by atoms with Crippen molar-refractivity contribution in [2.24, 2.45) is 5.92 Å². The second-order valence-electron chi connectivity index (χ2n) is 9.81. The third-order valence-electron chi connectivity index (χ3n) is 7.14. The molecule has 37 heavy (non-hydrogen) atoms. The summed E-state index contributed by atoms with van der Waals surface area (Å²) in [6, 6.07) is 6.57. The van der Waals surface area contributed by atoms with Crippen LogP contribution in [0.15, 0.2) is 36.4 Å². The van der Waals surface area contributed by atoms with Gasteiger partial charge in [0.25, 0.3) is 0 Å². The zero-order valence-electron chi connectivity index (χ0n) is 19.6. The van der Waals surface area contributed by atoms with Crippen molar-refractivity contribution in [3.05, 3.63) is 58.9 Å². The monoisotopic (exact) mass is 538 g/mol. The molecule has 1 aliphatic carbocycles. The molecule has 1 aromatic carbocycles. The van der Waals surface area contributed by atoms with Crippen molar-refractivity contribution in [3.63, 3.8) is 0 Å². The molecule has 1 saturated heterocycles. The molecule has 2 aliphatic rings. The first-order valence-corrected chi connectivity index (χ1v) is 11.6. The number of Topliss-reactive ketones (excluding diaryl/α,β-unsaturated/α-hetero) is 1. The van der Waals surface area contributed by atoms with Gasteiger partial charge in [-0.3, -0.25) is 4.79 Å². The maximum absolute atomic E-state index is 14.4. The maximum atomic E-state index is 14.4. The predicted octanol–water partition coefficient (Wildman–Crippen LogP) is 7.30. The van der Waals surface area contributed by atoms with Gasteiger partial charge in [0.1, 0.15) is 22.6 Å². The van der Waals surface area contributed by atoms with Crippen LogP contribution in [0, 0.1) is 5.92 Å². The van der Waals surface area contributed by atoms with Crippen LogP contribution in [-0.2, 0) is 22.6 Å². The van der Waals surface area contributed by atoms with Crippen LogP contribution >= 0.6 is 0 Å². The van der Waals surface area contributed by atoms with Gasteiger partial charge < -0.3 is 4.90 Å². The highest BCUT2D eigenvalue weighted by atomic mass is 19.4. The van der Waals surface area contributed by atoms with E-state index >= 15 is 0 Å². The lowest BCUT2D eigenvalue weighted by molar-refractivity contribution is -0.185. The number of benzene rings is 1. The van der Waals surface area contributed by atoms with Crippen LogP contribution in [-0.4, -0.2) is 30.0 Å². The van der Waals surface area contributed by atoms with Crippen LogP contribution in [0.25, 0.3) is 0 Å². The number of hydrogen-bond donors (Lipinski definition) is 0. The molecule has 0 spiro atoms. The van der Waals surface area contributed by atoms with Crippen LogP contribution in [0.1, 0.15) is 61.0 Å². The van der Waals surface area contributed by atoms with Crippen LogP contribution < -0.4 is 4.90 Å². The highest BCUT2D eigenvalue weighted by Crippen LogP contribution is 2.50. The summed E-state index contributed by atoms with van der Waals surface area (Å²) in [7, 11) is 0. The number of carbonyl (C=O) groups excluding carboxylic acids is 1. The number of anilines is 1. The van der Waals surface area contributed by atoms with E-state index < -0.39 is 53.9 Å². The zero-order valence-corrected chi connectivity index (χ0v) is 19.6. The second kappa shape index (κ2) is 9.20. The third-order valence-corrected chi connectivity index (χ3v) is 7.14. The van der Waals surface area contributed by atoms with E-state index in [9.17, 15) is 44.3 Å². The van der Waals surface area contributed by atoms with E-state index in [1.165, 1.54) is 4.90 Å². The SMILES string of the molecule is C[C@H](CC(=O)C1CC1)c1ccc(N2CCC(c3cc(C(F)(F)F)nc(C(F)(F)F)c3)(C(F)(F)F)C2)cc1. The largest absolute Gasteiger partial charge is 0.433 e. The van der Waals surface area contributed by atoms with Gasteiger partial charge in [0.2, 0.25) is 0 Å². The van der Waals surface area contributed by atoms with Crippen molar-refractivity contribution in [2.75, 3.05) is 18.0 Å². The number of aromatic nitrogens is 1. The van der Waals surface area contributed by atoms with Gasteiger partial charge in [0.15, 0.2) is 0 Å². The van der Waals surface area contributed by atoms with Gasteiger partial charge in [-0.1, -0.05) is 19.1 Å². The molecule has 12 heteroatoms. The Morgan fingerprint density at radius 3 is 1.97 bits per heavy atom. The van der Waals surface area contributed by atoms with E-state index in [1.807, 2.05) is 6.92 Å². The lowest BCUT2D eigenvalue weighted by Crippen LogP contribution is -2.45. The molecule has 2 aromatic rings. The predicted molar refractivity (Wildman–Crippen MR) is 116 cm³/mol. The van der Waals surface area contributed by atoms with Gasteiger partial charge >= 0.3 is 18.5 Å². The zero-order chi connectivity index (χ0) is 27.4. The standard InChI is InChI=1S/C25H23F9N2O/c1-14(10-19(37)16-2-3-16)15-4-6-18(7-5-15)36-9-8-22(13-36,25(32,33)34)17-11-20(23(26,27)28)35-21(12-17)24(29,30)31/h4-7,11-12,14,16H,2-3,8-10,13H2,1H3/t14-,22?/m1/s1. The molecular weight excluding hydrogens is 515 g/mol. The molecule has 0 N–H and O–H groups in total. The van der Waals surface area contributed by atoms with Crippen LogP contribution in [0.5, 0.6) is 0 Å². The molecule has 1 saturated carbocycles. The molecule has 1 unspecified atom stereocenters. The minimum Gasteiger partial charge on any atom is -0.370 e. The minimum absolute atomic E-state index is 0.0634. The first kappa shape index (κ1) is 27.3. The fourth-order valence-electron chi connectivity index (χ4n) is 4.76. The summed E-state index contributed by atoms with van der Waals surface area (Å²) < 4.78 is 123. The summed E-state index contributed by atoms with van der Waals surface area (Å²) in [5, 5.41) is 0. The lowest BCUT2D eigenvalue weighted by atomic mass is 9.78. The van der Waals surface area contributed by atoms with E-state index in [4.69, 9.17) is 0 Å². The Hall–Kier alpha value is -2.79. The molecule has 2 fully saturated rings. The summed E-state index contributed by atoms with van der Waals surface area (Å²) in [5.41, 5.74) is -6.99. The average molecular weight is 538 g/mol. The Balaban J connectivity index is 1.64. The fraction of sp³-hybridized carbons (Fsp3) is 0.520. The van der Waals surface area contributed by atoms with Crippen molar-refractivity contribution in [1.82, 2.24) is 4.98 Å². The molecule has 0 radical (unpaired) electrons. The Morgan fingerprint density at radius 2 is 1.51 bits per heavy atom. The molecule has 2 heterocycles. The van der Waals surface area contributed by atoms with Crippen molar-refractivity contribution in [1.29, 1.82) is 0 Å². The molecule has 1 aromatic heterocycles. The minimum atomic E-state index is -5.37. The number of nitrogens with zero attached hydrogens (tertiary/aromatic N) is 2. The van der Waals surface area contributed by atoms with Crippen molar-refractivity contribution in [3.8, 4) is 0 Å². The first-order valence-electron chi connectivity index (χ1n) is 11.6. The number of hydrogen-bond acceptors (Lipinski definition) is 3. The summed E-state index contributed by atoms with van der Waals surface area (Å²) in [6.45, 7) is 0.767. The molecule has 0 bridgehead atoms. The Morgan fingerprint density at radius 1 is 0.973 bits per heavy atom. The molecule has 3 nitrogen and oxygen atoms in total. The Labute approximate surface area is 206 Å². The number of alkyl halides is 9. The van der Waals surface area contributed by atoms with E-state index in [2.05, 4.69) is 4.98 Å². The van der Waals surface area contributed by atoms with Crippen molar-refractivity contribution in [2.45, 2.75) is 62.5 Å². The van der Waals surface area contributed by atoms with Gasteiger partial charge in [0.05, 0.1) is 0 Å². The Kier molecular flexibility index (Phi) is 6.77. The van der Waals surface area contributed by atoms with Gasteiger partial charge in [-0.05, 0) is 60.6 Å². The van der Waals surface area contributed by atoms with Crippen LogP contribution in [0.2, 0.25) is 0 Å². The lowest BCUT2D eigenvalue weighted by Gasteiger charge is -2.33. The Bertz CT molecular complexity index is 1120. The number of rotatable bonds is 6. The maximum Gasteiger partial charge on any atom is 0.433 e. The van der Waals surface area contributed by atoms with E-state index in [0.717, 1.165) is 18.4 Å². The number of ketones is 1. The molecule has 4 rings (SSSR count). The van der Waals surface area contributed by atoms with Gasteiger partial charge in [0, 0.05) is 31.1 Å². The fourth-order valence-corrected chi connectivity index (χ4v) is 4.76. The van der Waals surface area contributed by atoms with E-state index in [-0.39, 0.29) is 36.3 Å². The quantitative estimate of drug-likeness (QED) is 0.362. The molecule has 2 atom stereocenters. The smallest absolute Gasteiger partial charge is 0.370 e. The molecule has 0 amide bonds. The number of carbonyl (C=O) groups is 1. The van der Waals surface area contributed by atoms with Gasteiger partial charge in [-0.15, -0.1) is 0 Å². The van der Waals surface area contributed by atoms with Crippen molar-refractivity contribution < 1.29 is 44.3 Å². The normalized spacial score (nSPS) is 21.8. The highest BCUT2D eigenvalue weighted by molar-refractivity contribution is 5.83. The summed E-state index contributed by atoms with van der Waals surface area (Å²) in [6.07, 6.45) is -14.5. The topological polar surface area (TPSA) is 33.2 Å². The third kappa shape index (κ3) is 5.57. The first-order chi connectivity index (χ1) is 17.0. The highest BCUT2D eigenvalue weighted by Gasteiger charge is 2.60.